The maximum atomic E-state index is 13.4. The summed E-state index contributed by atoms with van der Waals surface area (Å²) in [6.45, 7) is 6.83. The highest BCUT2D eigenvalue weighted by molar-refractivity contribution is 7.90. The first-order valence-corrected chi connectivity index (χ1v) is 14.1. The third-order valence-electron chi connectivity index (χ3n) is 7.43. The van der Waals surface area contributed by atoms with Crippen molar-refractivity contribution in [1.29, 1.82) is 0 Å². The molecule has 0 radical (unpaired) electrons. The van der Waals surface area contributed by atoms with Gasteiger partial charge in [0.15, 0.2) is 9.84 Å². The number of hydrogen-bond acceptors (Lipinski definition) is 6. The summed E-state index contributed by atoms with van der Waals surface area (Å²) >= 11 is 0. The van der Waals surface area contributed by atoms with Gasteiger partial charge in [-0.1, -0.05) is 19.1 Å². The molecule has 1 aromatic heterocycles. The van der Waals surface area contributed by atoms with E-state index in [4.69, 9.17) is 4.98 Å². The van der Waals surface area contributed by atoms with Gasteiger partial charge in [-0.05, 0) is 60.4 Å². The average molecular weight is 533 g/mol. The van der Waals surface area contributed by atoms with E-state index in [1.165, 1.54) is 24.5 Å². The van der Waals surface area contributed by atoms with Gasteiger partial charge in [0.05, 0.1) is 16.4 Å². The standard InChI is InChI=1S/C26H32N4O4S.ClH/c1-16-12-20(18-4-5-18)15-27-24(16)29-8-10-30(11-9-29)26(32)21-7-6-19(13-22(21)35(3,33)34)23-17(2)14-28-25(23)31;/h6-7,12-13,15,17-18,23H,4-5,8-11,14H2,1-3H3,(H,28,31);1H/t17?,23-;/m1./s1. The first-order chi connectivity index (χ1) is 16.6. The molecule has 1 aliphatic carbocycles. The Labute approximate surface area is 218 Å². The first kappa shape index (κ1) is 26.4. The minimum Gasteiger partial charge on any atom is -0.355 e. The van der Waals surface area contributed by atoms with Gasteiger partial charge in [-0.15, -0.1) is 12.4 Å². The molecular weight excluding hydrogens is 500 g/mol. The normalized spacial score (nSPS) is 22.2. The summed E-state index contributed by atoms with van der Waals surface area (Å²) in [5.74, 6) is 0.846. The first-order valence-electron chi connectivity index (χ1n) is 12.3. The molecule has 2 aliphatic heterocycles. The zero-order chi connectivity index (χ0) is 24.9. The molecule has 5 rings (SSSR count). The van der Waals surface area contributed by atoms with Crippen LogP contribution >= 0.6 is 12.4 Å². The largest absolute Gasteiger partial charge is 0.355 e. The van der Waals surface area contributed by atoms with Crippen molar-refractivity contribution in [2.24, 2.45) is 5.92 Å². The van der Waals surface area contributed by atoms with E-state index >= 15 is 0 Å². The summed E-state index contributed by atoms with van der Waals surface area (Å²) in [6.07, 6.45) is 5.57. The van der Waals surface area contributed by atoms with Crippen molar-refractivity contribution in [1.82, 2.24) is 15.2 Å². The van der Waals surface area contributed by atoms with Crippen LogP contribution in [0.4, 0.5) is 5.82 Å². The van der Waals surface area contributed by atoms with Crippen molar-refractivity contribution in [3.8, 4) is 0 Å². The highest BCUT2D eigenvalue weighted by atomic mass is 35.5. The average Bonchev–Trinajstić information content (AvgIpc) is 3.62. The van der Waals surface area contributed by atoms with Crippen LogP contribution in [-0.2, 0) is 14.6 Å². The van der Waals surface area contributed by atoms with Crippen molar-refractivity contribution >= 4 is 39.9 Å². The third-order valence-corrected chi connectivity index (χ3v) is 8.57. The van der Waals surface area contributed by atoms with Crippen LogP contribution in [0.25, 0.3) is 0 Å². The van der Waals surface area contributed by atoms with Crippen molar-refractivity contribution in [2.45, 2.75) is 43.4 Å². The maximum Gasteiger partial charge on any atom is 0.255 e. The van der Waals surface area contributed by atoms with Crippen LogP contribution < -0.4 is 10.2 Å². The van der Waals surface area contributed by atoms with Gasteiger partial charge >= 0.3 is 0 Å². The summed E-state index contributed by atoms with van der Waals surface area (Å²) in [5.41, 5.74) is 3.25. The quantitative estimate of drug-likeness (QED) is 0.635. The number of benzene rings is 1. The van der Waals surface area contributed by atoms with Crippen molar-refractivity contribution in [3.63, 3.8) is 0 Å². The van der Waals surface area contributed by atoms with Gasteiger partial charge in [0, 0.05) is 45.2 Å². The van der Waals surface area contributed by atoms with E-state index in [1.54, 1.807) is 17.0 Å². The summed E-state index contributed by atoms with van der Waals surface area (Å²) in [6, 6.07) is 7.03. The number of sulfone groups is 1. The van der Waals surface area contributed by atoms with Gasteiger partial charge in [0.1, 0.15) is 5.82 Å². The molecule has 3 aliphatic rings. The molecule has 36 heavy (non-hydrogen) atoms. The van der Waals surface area contributed by atoms with Gasteiger partial charge in [0.25, 0.3) is 5.91 Å². The number of carbonyl (C=O) groups is 2. The number of carbonyl (C=O) groups excluding carboxylic acids is 2. The maximum absolute atomic E-state index is 13.4. The molecule has 2 amide bonds. The van der Waals surface area contributed by atoms with E-state index in [0.717, 1.165) is 17.6 Å². The SMILES string of the molecule is Cc1cc(C2CC2)cnc1N1CCN(C(=O)c2ccc([C@@H]3C(=O)NCC3C)cc2S(C)(=O)=O)CC1.Cl. The minimum atomic E-state index is -3.67. The summed E-state index contributed by atoms with van der Waals surface area (Å²) in [4.78, 5) is 34.3. The fraction of sp³-hybridized carbons (Fsp3) is 0.500. The zero-order valence-electron chi connectivity index (χ0n) is 20.9. The molecule has 0 spiro atoms. The summed E-state index contributed by atoms with van der Waals surface area (Å²) in [5, 5.41) is 2.82. The fourth-order valence-corrected chi connectivity index (χ4v) is 6.20. The molecule has 2 saturated heterocycles. The molecule has 194 valence electrons. The molecule has 1 N–H and O–H groups in total. The number of aromatic nitrogens is 1. The lowest BCUT2D eigenvalue weighted by Gasteiger charge is -2.36. The summed E-state index contributed by atoms with van der Waals surface area (Å²) in [7, 11) is -3.67. The van der Waals surface area contributed by atoms with Crippen LogP contribution in [0.5, 0.6) is 0 Å². The van der Waals surface area contributed by atoms with E-state index in [0.29, 0.717) is 44.2 Å². The van der Waals surface area contributed by atoms with Crippen LogP contribution in [0.3, 0.4) is 0 Å². The Morgan fingerprint density at radius 3 is 2.33 bits per heavy atom. The van der Waals surface area contributed by atoms with Crippen LogP contribution in [0.2, 0.25) is 0 Å². The number of nitrogens with zero attached hydrogens (tertiary/aromatic N) is 3. The zero-order valence-corrected chi connectivity index (χ0v) is 22.5. The van der Waals surface area contributed by atoms with E-state index in [-0.39, 0.29) is 40.6 Å². The molecule has 10 heteroatoms. The van der Waals surface area contributed by atoms with E-state index in [2.05, 4.69) is 23.2 Å². The molecule has 1 saturated carbocycles. The number of halogens is 1. The van der Waals surface area contributed by atoms with Gasteiger partial charge in [-0.3, -0.25) is 9.59 Å². The lowest BCUT2D eigenvalue weighted by molar-refractivity contribution is -0.120. The molecular formula is C26H33ClN4O4S. The smallest absolute Gasteiger partial charge is 0.255 e. The number of nitrogens with one attached hydrogen (secondary N) is 1. The Morgan fingerprint density at radius 2 is 1.78 bits per heavy atom. The van der Waals surface area contributed by atoms with Crippen LogP contribution in [0.15, 0.2) is 35.4 Å². The molecule has 2 atom stereocenters. The van der Waals surface area contributed by atoms with Crippen molar-refractivity contribution in [3.05, 3.63) is 52.7 Å². The number of hydrogen-bond donors (Lipinski definition) is 1. The van der Waals surface area contributed by atoms with Crippen LogP contribution in [0, 0.1) is 12.8 Å². The van der Waals surface area contributed by atoms with E-state index in [1.807, 2.05) is 13.1 Å². The predicted molar refractivity (Wildman–Crippen MR) is 141 cm³/mol. The lowest BCUT2D eigenvalue weighted by Crippen LogP contribution is -2.49. The van der Waals surface area contributed by atoms with Gasteiger partial charge in [-0.2, -0.15) is 0 Å². The van der Waals surface area contributed by atoms with Crippen molar-refractivity contribution < 1.29 is 18.0 Å². The lowest BCUT2D eigenvalue weighted by atomic mass is 9.89. The predicted octanol–water partition coefficient (Wildman–Crippen LogP) is 2.90. The molecule has 3 fully saturated rings. The number of rotatable bonds is 5. The van der Waals surface area contributed by atoms with E-state index in [9.17, 15) is 18.0 Å². The Hall–Kier alpha value is -2.65. The highest BCUT2D eigenvalue weighted by Gasteiger charge is 2.35. The molecule has 1 unspecified atom stereocenters. The second kappa shape index (κ2) is 10.0. The number of anilines is 1. The molecule has 8 nitrogen and oxygen atoms in total. The molecule has 2 aromatic rings. The number of piperazine rings is 1. The summed E-state index contributed by atoms with van der Waals surface area (Å²) < 4.78 is 25.3. The minimum absolute atomic E-state index is 0. The van der Waals surface area contributed by atoms with Crippen LogP contribution in [0.1, 0.15) is 58.6 Å². The fourth-order valence-electron chi connectivity index (χ4n) is 5.30. The topological polar surface area (TPSA) is 99.7 Å². The highest BCUT2D eigenvalue weighted by Crippen LogP contribution is 2.40. The Morgan fingerprint density at radius 1 is 1.08 bits per heavy atom. The second-order valence-electron chi connectivity index (χ2n) is 10.2. The number of pyridine rings is 1. The number of amides is 2. The van der Waals surface area contributed by atoms with E-state index < -0.39 is 15.8 Å². The number of aryl methyl sites for hydroxylation is 1. The van der Waals surface area contributed by atoms with Gasteiger partial charge in [0.2, 0.25) is 5.91 Å². The monoisotopic (exact) mass is 532 g/mol. The molecule has 3 heterocycles. The Bertz CT molecular complexity index is 1290. The van der Waals surface area contributed by atoms with Gasteiger partial charge < -0.3 is 15.1 Å². The van der Waals surface area contributed by atoms with Gasteiger partial charge in [-0.25, -0.2) is 13.4 Å². The van der Waals surface area contributed by atoms with Crippen LogP contribution in [-0.4, -0.2) is 69.1 Å². The molecule has 0 bridgehead atoms. The molecule has 1 aromatic carbocycles. The van der Waals surface area contributed by atoms with Crippen molar-refractivity contribution in [2.75, 3.05) is 43.9 Å². The second-order valence-corrected chi connectivity index (χ2v) is 12.2. The Kier molecular flexibility index (Phi) is 7.35. The third kappa shape index (κ3) is 5.09. The Balaban J connectivity index is 0.00000304.